The third-order valence-electron chi connectivity index (χ3n) is 3.80. The van der Waals surface area contributed by atoms with Gasteiger partial charge in [0.25, 0.3) is 5.91 Å². The molecule has 1 unspecified atom stereocenters. The highest BCUT2D eigenvalue weighted by Crippen LogP contribution is 2.29. The first-order chi connectivity index (χ1) is 11.8. The van der Waals surface area contributed by atoms with Gasteiger partial charge >= 0.3 is 16.1 Å². The lowest BCUT2D eigenvalue weighted by atomic mass is 10.0. The Morgan fingerprint density at radius 3 is 2.44 bits per heavy atom. The van der Waals surface area contributed by atoms with E-state index in [2.05, 4.69) is 5.32 Å². The van der Waals surface area contributed by atoms with Crippen LogP contribution in [0.15, 0.2) is 48.5 Å². The molecule has 1 aliphatic heterocycles. The molecule has 0 saturated heterocycles. The molecule has 0 radical (unpaired) electrons. The van der Waals surface area contributed by atoms with Gasteiger partial charge in [0.05, 0.1) is 11.1 Å². The van der Waals surface area contributed by atoms with Gasteiger partial charge in [0.2, 0.25) is 5.50 Å². The lowest BCUT2D eigenvalue weighted by Crippen LogP contribution is -2.52. The van der Waals surface area contributed by atoms with Crippen LogP contribution in [0.5, 0.6) is 0 Å². The number of carboxylic acid groups (broad SMARTS) is 1. The maximum absolute atomic E-state index is 12.8. The molecule has 0 spiro atoms. The Bertz CT molecular complexity index is 942. The summed E-state index contributed by atoms with van der Waals surface area (Å²) in [5.41, 5.74) is -0.941. The lowest BCUT2D eigenvalue weighted by Gasteiger charge is -2.35. The van der Waals surface area contributed by atoms with Crippen LogP contribution >= 0.6 is 0 Å². The normalized spacial score (nSPS) is 16.9. The number of carbonyl (C=O) groups excluding carboxylic acids is 1. The maximum atomic E-state index is 12.8. The van der Waals surface area contributed by atoms with Gasteiger partial charge in [-0.3, -0.25) is 14.2 Å². The summed E-state index contributed by atoms with van der Waals surface area (Å²) >= 11 is 0. The van der Waals surface area contributed by atoms with Crippen molar-refractivity contribution in [3.63, 3.8) is 0 Å². The fourth-order valence-electron chi connectivity index (χ4n) is 2.62. The van der Waals surface area contributed by atoms with Gasteiger partial charge in [-0.2, -0.15) is 8.42 Å². The van der Waals surface area contributed by atoms with E-state index in [0.717, 1.165) is 4.90 Å². The van der Waals surface area contributed by atoms with Crippen molar-refractivity contribution < 1.29 is 27.7 Å². The van der Waals surface area contributed by atoms with E-state index in [1.807, 2.05) is 0 Å². The van der Waals surface area contributed by atoms with Gasteiger partial charge in [0.1, 0.15) is 0 Å². The van der Waals surface area contributed by atoms with Crippen LogP contribution in [0.2, 0.25) is 0 Å². The van der Waals surface area contributed by atoms with Crippen molar-refractivity contribution in [1.82, 2.24) is 4.90 Å². The summed E-state index contributed by atoms with van der Waals surface area (Å²) in [7, 11) is -4.62. The van der Waals surface area contributed by atoms with Crippen LogP contribution in [0, 0.1) is 0 Å². The van der Waals surface area contributed by atoms with Crippen molar-refractivity contribution in [1.29, 1.82) is 0 Å². The van der Waals surface area contributed by atoms with Crippen molar-refractivity contribution in [3.8, 4) is 0 Å². The largest absolute Gasteiger partial charge is 0.478 e. The van der Waals surface area contributed by atoms with Crippen LogP contribution in [0.4, 0.5) is 5.69 Å². The molecule has 3 N–H and O–H groups in total. The number of benzene rings is 2. The number of hydrogen-bond acceptors (Lipinski definition) is 5. The smallest absolute Gasteiger partial charge is 0.335 e. The highest BCUT2D eigenvalue weighted by molar-refractivity contribution is 7.86. The minimum absolute atomic E-state index is 0.0238. The zero-order chi connectivity index (χ0) is 18.2. The molecule has 2 aromatic rings. The van der Waals surface area contributed by atoms with E-state index in [0.29, 0.717) is 5.56 Å². The Balaban J connectivity index is 2.06. The molecule has 3 rings (SSSR count). The standard InChI is InChI=1S/C16H14N2O6S/c19-14-12-8-11(15(20)21)6-7-13(12)17-16(25(22,23)24)18(14)9-10-4-2-1-3-5-10/h1-8,16-17H,9H2,(H,20,21)(H,22,23,24). The SMILES string of the molecule is O=C(O)c1ccc2c(c1)C(=O)N(Cc1ccccc1)C(S(=O)(=O)O)N2. The van der Waals surface area contributed by atoms with Gasteiger partial charge < -0.3 is 10.4 Å². The molecule has 1 atom stereocenters. The van der Waals surface area contributed by atoms with Gasteiger partial charge in [-0.1, -0.05) is 30.3 Å². The third kappa shape index (κ3) is 3.32. The minimum atomic E-state index is -4.62. The van der Waals surface area contributed by atoms with Gasteiger partial charge in [0.15, 0.2) is 0 Å². The van der Waals surface area contributed by atoms with Gasteiger partial charge in [-0.25, -0.2) is 4.79 Å². The summed E-state index contributed by atoms with van der Waals surface area (Å²) in [6.45, 7) is -0.0755. The Morgan fingerprint density at radius 1 is 1.16 bits per heavy atom. The second kappa shape index (κ2) is 6.19. The molecule has 9 heteroatoms. The van der Waals surface area contributed by atoms with E-state index in [9.17, 15) is 22.6 Å². The fourth-order valence-corrected chi connectivity index (χ4v) is 3.39. The number of rotatable bonds is 4. The number of aromatic carboxylic acids is 1. The summed E-state index contributed by atoms with van der Waals surface area (Å²) in [4.78, 5) is 24.8. The van der Waals surface area contributed by atoms with Crippen molar-refractivity contribution >= 4 is 27.7 Å². The average Bonchev–Trinajstić information content (AvgIpc) is 2.56. The number of nitrogens with zero attached hydrogens (tertiary/aromatic N) is 1. The number of carboxylic acids is 1. The number of hydrogen-bond donors (Lipinski definition) is 3. The number of nitrogens with one attached hydrogen (secondary N) is 1. The van der Waals surface area contributed by atoms with Crippen molar-refractivity contribution in [3.05, 3.63) is 65.2 Å². The molecule has 25 heavy (non-hydrogen) atoms. The van der Waals surface area contributed by atoms with Gasteiger partial charge in [-0.05, 0) is 23.8 Å². The molecular weight excluding hydrogens is 348 g/mol. The molecule has 1 amide bonds. The number of amides is 1. The van der Waals surface area contributed by atoms with Crippen LogP contribution < -0.4 is 5.32 Å². The summed E-state index contributed by atoms with van der Waals surface area (Å²) in [6.07, 6.45) is 0. The van der Waals surface area contributed by atoms with E-state index >= 15 is 0 Å². The van der Waals surface area contributed by atoms with Crippen LogP contribution in [0.1, 0.15) is 26.3 Å². The quantitative estimate of drug-likeness (QED) is 0.706. The molecule has 2 aromatic carbocycles. The number of anilines is 1. The van der Waals surface area contributed by atoms with Gasteiger partial charge in [-0.15, -0.1) is 0 Å². The molecule has 0 aromatic heterocycles. The third-order valence-corrected chi connectivity index (χ3v) is 4.73. The predicted molar refractivity (Wildman–Crippen MR) is 88.7 cm³/mol. The molecule has 0 bridgehead atoms. The molecule has 1 aliphatic rings. The predicted octanol–water partition coefficient (Wildman–Crippen LogP) is 1.62. The fraction of sp³-hybridized carbons (Fsp3) is 0.125. The zero-order valence-corrected chi connectivity index (χ0v) is 13.6. The van der Waals surface area contributed by atoms with Crippen LogP contribution in [0.3, 0.4) is 0 Å². The lowest BCUT2D eigenvalue weighted by molar-refractivity contribution is 0.0696. The minimum Gasteiger partial charge on any atom is -0.478 e. The van der Waals surface area contributed by atoms with Crippen molar-refractivity contribution in [2.75, 3.05) is 5.32 Å². The Labute approximate surface area is 143 Å². The van der Waals surface area contributed by atoms with Crippen LogP contribution in [0.25, 0.3) is 0 Å². The molecule has 0 fully saturated rings. The molecule has 0 saturated carbocycles. The summed E-state index contributed by atoms with van der Waals surface area (Å²) in [5, 5.41) is 11.7. The Hall–Kier alpha value is -2.91. The van der Waals surface area contributed by atoms with E-state index in [4.69, 9.17) is 5.11 Å². The highest BCUT2D eigenvalue weighted by Gasteiger charge is 2.39. The first-order valence-corrected chi connectivity index (χ1v) is 8.73. The zero-order valence-electron chi connectivity index (χ0n) is 12.8. The van der Waals surface area contributed by atoms with E-state index in [1.165, 1.54) is 18.2 Å². The molecule has 130 valence electrons. The maximum Gasteiger partial charge on any atom is 0.335 e. The first kappa shape index (κ1) is 16.9. The van der Waals surface area contributed by atoms with Crippen LogP contribution in [-0.4, -0.2) is 40.4 Å². The number of carbonyl (C=O) groups is 2. The Kier molecular flexibility index (Phi) is 4.19. The Morgan fingerprint density at radius 2 is 1.84 bits per heavy atom. The summed E-state index contributed by atoms with van der Waals surface area (Å²) in [6, 6.07) is 12.4. The monoisotopic (exact) mass is 362 g/mol. The second-order valence-electron chi connectivity index (χ2n) is 5.50. The van der Waals surface area contributed by atoms with Crippen LogP contribution in [-0.2, 0) is 16.7 Å². The van der Waals surface area contributed by atoms with E-state index in [1.54, 1.807) is 30.3 Å². The average molecular weight is 362 g/mol. The van der Waals surface area contributed by atoms with Crippen molar-refractivity contribution in [2.24, 2.45) is 0 Å². The summed E-state index contributed by atoms with van der Waals surface area (Å²) in [5.74, 6) is -1.90. The van der Waals surface area contributed by atoms with Crippen molar-refractivity contribution in [2.45, 2.75) is 12.0 Å². The molecule has 0 aliphatic carbocycles. The molecule has 1 heterocycles. The topological polar surface area (TPSA) is 124 Å². The molecule has 8 nitrogen and oxygen atoms in total. The molecular formula is C16H14N2O6S. The summed E-state index contributed by atoms with van der Waals surface area (Å²) < 4.78 is 32.9. The highest BCUT2D eigenvalue weighted by atomic mass is 32.2. The van der Waals surface area contributed by atoms with E-state index in [-0.39, 0.29) is 23.4 Å². The van der Waals surface area contributed by atoms with Gasteiger partial charge in [0, 0.05) is 12.2 Å². The first-order valence-electron chi connectivity index (χ1n) is 7.22. The number of fused-ring (bicyclic) bond motifs is 1. The van der Waals surface area contributed by atoms with E-state index < -0.39 is 27.5 Å². The second-order valence-corrected chi connectivity index (χ2v) is 6.97.